The van der Waals surface area contributed by atoms with E-state index in [1.807, 2.05) is 27.0 Å². The van der Waals surface area contributed by atoms with Gasteiger partial charge in [0.2, 0.25) is 5.91 Å². The molecule has 3 N–H and O–H groups in total. The number of carbonyl (C=O) groups is 1. The predicted molar refractivity (Wildman–Crippen MR) is 76.1 cm³/mol. The number of aryl methyl sites for hydroxylation is 3. The summed E-state index contributed by atoms with van der Waals surface area (Å²) >= 11 is 0. The number of amides is 1. The first-order chi connectivity index (χ1) is 9.58. The lowest BCUT2D eigenvalue weighted by molar-refractivity contribution is -0.121. The van der Waals surface area contributed by atoms with Crippen molar-refractivity contribution in [1.82, 2.24) is 25.7 Å². The largest absolute Gasteiger partial charge is 0.349 e. The van der Waals surface area contributed by atoms with Crippen LogP contribution in [0, 0.1) is 13.8 Å². The van der Waals surface area contributed by atoms with Crippen molar-refractivity contribution in [2.45, 2.75) is 46.1 Å². The molecule has 0 aliphatic heterocycles. The van der Waals surface area contributed by atoms with Crippen molar-refractivity contribution in [2.24, 2.45) is 0 Å². The Morgan fingerprint density at radius 2 is 2.25 bits per heavy atom. The van der Waals surface area contributed by atoms with E-state index in [4.69, 9.17) is 0 Å². The number of hydrogen-bond acceptors (Lipinski definition) is 3. The first-order valence-electron chi connectivity index (χ1n) is 6.86. The minimum absolute atomic E-state index is 0.0184. The number of aromatic amines is 2. The van der Waals surface area contributed by atoms with Gasteiger partial charge in [0.05, 0.1) is 17.9 Å². The van der Waals surface area contributed by atoms with Gasteiger partial charge in [-0.05, 0) is 39.2 Å². The Morgan fingerprint density at radius 1 is 1.45 bits per heavy atom. The molecule has 1 amide bonds. The third-order valence-electron chi connectivity index (χ3n) is 3.42. The second kappa shape index (κ2) is 6.36. The van der Waals surface area contributed by atoms with Gasteiger partial charge in [-0.25, -0.2) is 0 Å². The van der Waals surface area contributed by atoms with Crippen LogP contribution in [0.4, 0.5) is 0 Å². The molecule has 0 radical (unpaired) electrons. The van der Waals surface area contributed by atoms with Crippen molar-refractivity contribution in [3.63, 3.8) is 0 Å². The Kier molecular flexibility index (Phi) is 4.55. The van der Waals surface area contributed by atoms with Crippen molar-refractivity contribution in [3.8, 4) is 0 Å². The molecule has 2 rings (SSSR count). The zero-order valence-electron chi connectivity index (χ0n) is 12.2. The molecule has 108 valence electrons. The molecular formula is C14H21N5O. The molecule has 2 heterocycles. The Bertz CT molecular complexity index is 539. The summed E-state index contributed by atoms with van der Waals surface area (Å²) in [5.74, 6) is 0.0704. The van der Waals surface area contributed by atoms with E-state index in [0.29, 0.717) is 6.42 Å². The number of carbonyl (C=O) groups excluding carboxylic acids is 1. The van der Waals surface area contributed by atoms with E-state index in [0.717, 1.165) is 35.4 Å². The van der Waals surface area contributed by atoms with Crippen LogP contribution in [0.3, 0.4) is 0 Å². The molecule has 0 saturated carbocycles. The number of aromatic nitrogens is 4. The van der Waals surface area contributed by atoms with Crippen LogP contribution in [-0.2, 0) is 11.2 Å². The van der Waals surface area contributed by atoms with Gasteiger partial charge in [-0.3, -0.25) is 15.0 Å². The van der Waals surface area contributed by atoms with Gasteiger partial charge in [-0.15, -0.1) is 0 Å². The van der Waals surface area contributed by atoms with Gasteiger partial charge < -0.3 is 5.32 Å². The monoisotopic (exact) mass is 275 g/mol. The van der Waals surface area contributed by atoms with E-state index in [1.54, 1.807) is 6.20 Å². The molecular weight excluding hydrogens is 254 g/mol. The first kappa shape index (κ1) is 14.3. The van der Waals surface area contributed by atoms with Crippen LogP contribution in [0.5, 0.6) is 0 Å². The van der Waals surface area contributed by atoms with Crippen LogP contribution in [-0.4, -0.2) is 26.3 Å². The first-order valence-corrected chi connectivity index (χ1v) is 6.86. The second-order valence-corrected chi connectivity index (χ2v) is 5.10. The molecule has 0 fully saturated rings. The smallest absolute Gasteiger partial charge is 0.220 e. The molecule has 1 unspecified atom stereocenters. The fraction of sp³-hybridized carbons (Fsp3) is 0.500. The topological polar surface area (TPSA) is 86.5 Å². The quantitative estimate of drug-likeness (QED) is 0.753. The van der Waals surface area contributed by atoms with Crippen LogP contribution in [0.1, 0.15) is 48.3 Å². The minimum Gasteiger partial charge on any atom is -0.349 e. The fourth-order valence-corrected chi connectivity index (χ4v) is 2.45. The summed E-state index contributed by atoms with van der Waals surface area (Å²) in [5, 5.41) is 16.8. The molecule has 2 aromatic rings. The zero-order valence-corrected chi connectivity index (χ0v) is 12.2. The van der Waals surface area contributed by atoms with Crippen molar-refractivity contribution in [2.75, 3.05) is 0 Å². The van der Waals surface area contributed by atoms with Gasteiger partial charge in [0.25, 0.3) is 0 Å². The molecule has 6 nitrogen and oxygen atoms in total. The van der Waals surface area contributed by atoms with E-state index >= 15 is 0 Å². The van der Waals surface area contributed by atoms with Crippen molar-refractivity contribution in [1.29, 1.82) is 0 Å². The summed E-state index contributed by atoms with van der Waals surface area (Å²) in [4.78, 5) is 11.9. The van der Waals surface area contributed by atoms with Crippen LogP contribution >= 0.6 is 0 Å². The summed E-state index contributed by atoms with van der Waals surface area (Å²) < 4.78 is 0. The van der Waals surface area contributed by atoms with E-state index in [1.165, 1.54) is 0 Å². The third kappa shape index (κ3) is 3.46. The lowest BCUT2D eigenvalue weighted by Gasteiger charge is -2.14. The zero-order chi connectivity index (χ0) is 14.5. The number of rotatable bonds is 6. The van der Waals surface area contributed by atoms with Gasteiger partial charge in [0.15, 0.2) is 0 Å². The minimum atomic E-state index is -0.0184. The highest BCUT2D eigenvalue weighted by Gasteiger charge is 2.16. The molecule has 0 aliphatic carbocycles. The summed E-state index contributed by atoms with van der Waals surface area (Å²) in [6.07, 6.45) is 5.85. The number of H-pyrrole nitrogens is 2. The van der Waals surface area contributed by atoms with Gasteiger partial charge in [0.1, 0.15) is 0 Å². The average Bonchev–Trinajstić information content (AvgIpc) is 2.99. The SMILES string of the molecule is Cc1n[nH]c(C)c1C(C)NC(=O)CCCc1cn[nH]c1. The predicted octanol–water partition coefficient (Wildman–Crippen LogP) is 1.95. The molecule has 1 atom stereocenters. The Balaban J connectivity index is 1.79. The number of hydrogen-bond donors (Lipinski definition) is 3. The summed E-state index contributed by atoms with van der Waals surface area (Å²) in [5.41, 5.74) is 4.16. The van der Waals surface area contributed by atoms with Gasteiger partial charge in [-0.2, -0.15) is 10.2 Å². The lowest BCUT2D eigenvalue weighted by Crippen LogP contribution is -2.27. The van der Waals surface area contributed by atoms with Crippen LogP contribution in [0.25, 0.3) is 0 Å². The van der Waals surface area contributed by atoms with E-state index < -0.39 is 0 Å². The molecule has 0 spiro atoms. The van der Waals surface area contributed by atoms with Crippen LogP contribution in [0.2, 0.25) is 0 Å². The standard InChI is InChI=1S/C14H21N5O/c1-9(14-10(2)18-19-11(14)3)17-13(20)6-4-5-12-7-15-16-8-12/h7-9H,4-6H2,1-3H3,(H,15,16)(H,17,20)(H,18,19). The second-order valence-electron chi connectivity index (χ2n) is 5.10. The summed E-state index contributed by atoms with van der Waals surface area (Å²) in [7, 11) is 0. The lowest BCUT2D eigenvalue weighted by atomic mass is 10.1. The molecule has 2 aromatic heterocycles. The normalized spacial score (nSPS) is 12.3. The Morgan fingerprint density at radius 3 is 2.85 bits per heavy atom. The van der Waals surface area contributed by atoms with Crippen LogP contribution in [0.15, 0.2) is 12.4 Å². The van der Waals surface area contributed by atoms with Crippen molar-refractivity contribution < 1.29 is 4.79 Å². The maximum Gasteiger partial charge on any atom is 0.220 e. The van der Waals surface area contributed by atoms with E-state index in [9.17, 15) is 4.79 Å². The fourth-order valence-electron chi connectivity index (χ4n) is 2.45. The maximum absolute atomic E-state index is 11.9. The van der Waals surface area contributed by atoms with Crippen LogP contribution < -0.4 is 5.32 Å². The maximum atomic E-state index is 11.9. The Hall–Kier alpha value is -2.11. The molecule has 0 aliphatic rings. The highest BCUT2D eigenvalue weighted by atomic mass is 16.1. The van der Waals surface area contributed by atoms with E-state index in [2.05, 4.69) is 25.7 Å². The molecule has 0 bridgehead atoms. The number of nitrogens with one attached hydrogen (secondary N) is 3. The Labute approximate surface area is 118 Å². The summed E-state index contributed by atoms with van der Waals surface area (Å²) in [6.45, 7) is 5.90. The molecule has 20 heavy (non-hydrogen) atoms. The van der Waals surface area contributed by atoms with Gasteiger partial charge in [-0.1, -0.05) is 0 Å². The highest BCUT2D eigenvalue weighted by Crippen LogP contribution is 2.19. The summed E-state index contributed by atoms with van der Waals surface area (Å²) in [6, 6.07) is -0.0184. The number of nitrogens with zero attached hydrogens (tertiary/aromatic N) is 2. The van der Waals surface area contributed by atoms with E-state index in [-0.39, 0.29) is 11.9 Å². The molecule has 6 heteroatoms. The highest BCUT2D eigenvalue weighted by molar-refractivity contribution is 5.76. The molecule has 0 aromatic carbocycles. The van der Waals surface area contributed by atoms with Crippen molar-refractivity contribution in [3.05, 3.63) is 34.9 Å². The van der Waals surface area contributed by atoms with Gasteiger partial charge >= 0.3 is 0 Å². The van der Waals surface area contributed by atoms with Crippen molar-refractivity contribution >= 4 is 5.91 Å². The average molecular weight is 275 g/mol. The van der Waals surface area contributed by atoms with Gasteiger partial charge in [0, 0.05) is 23.9 Å². The third-order valence-corrected chi connectivity index (χ3v) is 3.42. The molecule has 0 saturated heterocycles.